The number of rotatable bonds is 9. The first-order chi connectivity index (χ1) is 11.2. The van der Waals surface area contributed by atoms with Gasteiger partial charge in [0.1, 0.15) is 0 Å². The molecular weight excluding hydrogens is 310 g/mol. The predicted octanol–water partition coefficient (Wildman–Crippen LogP) is 3.79. The minimum atomic E-state index is 0.0889. The Morgan fingerprint density at radius 3 is 2.65 bits per heavy atom. The third-order valence-electron chi connectivity index (χ3n) is 3.59. The Bertz CT molecular complexity index is 611. The smallest absolute Gasteiger partial charge is 0.220 e. The van der Waals surface area contributed by atoms with Gasteiger partial charge in [0.25, 0.3) is 0 Å². The Morgan fingerprint density at radius 2 is 1.96 bits per heavy atom. The van der Waals surface area contributed by atoms with Crippen molar-refractivity contribution in [2.45, 2.75) is 32.2 Å². The molecule has 4 nitrogen and oxygen atoms in total. The van der Waals surface area contributed by atoms with Crippen molar-refractivity contribution >= 4 is 17.2 Å². The summed E-state index contributed by atoms with van der Waals surface area (Å²) in [7, 11) is 3.21. The van der Waals surface area contributed by atoms with Crippen LogP contribution in [0.4, 0.5) is 0 Å². The molecule has 2 rings (SSSR count). The molecule has 1 amide bonds. The van der Waals surface area contributed by atoms with Crippen molar-refractivity contribution in [2.75, 3.05) is 14.2 Å². The highest BCUT2D eigenvalue weighted by Crippen LogP contribution is 2.27. The molecule has 0 aliphatic heterocycles. The molecule has 0 saturated heterocycles. The number of amides is 1. The van der Waals surface area contributed by atoms with Crippen molar-refractivity contribution < 1.29 is 14.3 Å². The van der Waals surface area contributed by atoms with Gasteiger partial charge in [0.15, 0.2) is 11.5 Å². The van der Waals surface area contributed by atoms with Crippen LogP contribution in [-0.4, -0.2) is 20.1 Å². The Morgan fingerprint density at radius 1 is 1.13 bits per heavy atom. The molecule has 1 heterocycles. The summed E-state index contributed by atoms with van der Waals surface area (Å²) in [5, 5.41) is 5.04. The van der Waals surface area contributed by atoms with E-state index in [9.17, 15) is 4.79 Å². The molecule has 2 aromatic rings. The molecular formula is C18H23NO3S. The summed E-state index contributed by atoms with van der Waals surface area (Å²) in [4.78, 5) is 13.3. The highest BCUT2D eigenvalue weighted by Gasteiger charge is 2.06. The van der Waals surface area contributed by atoms with Gasteiger partial charge in [-0.05, 0) is 48.4 Å². The van der Waals surface area contributed by atoms with Gasteiger partial charge in [-0.25, -0.2) is 0 Å². The van der Waals surface area contributed by atoms with Crippen LogP contribution < -0.4 is 14.8 Å². The molecule has 0 atom stereocenters. The lowest BCUT2D eigenvalue weighted by Gasteiger charge is -2.10. The van der Waals surface area contributed by atoms with Crippen LogP contribution in [0, 0.1) is 0 Å². The van der Waals surface area contributed by atoms with E-state index >= 15 is 0 Å². The zero-order valence-electron chi connectivity index (χ0n) is 13.6. The number of hydrogen-bond acceptors (Lipinski definition) is 4. The average molecular weight is 333 g/mol. The van der Waals surface area contributed by atoms with E-state index in [0.717, 1.165) is 24.8 Å². The summed E-state index contributed by atoms with van der Waals surface area (Å²) in [5.74, 6) is 1.46. The van der Waals surface area contributed by atoms with Gasteiger partial charge in [0, 0.05) is 17.8 Å². The molecule has 124 valence electrons. The number of ether oxygens (including phenoxy) is 2. The van der Waals surface area contributed by atoms with E-state index in [1.54, 1.807) is 25.6 Å². The molecule has 0 aliphatic rings. The van der Waals surface area contributed by atoms with Crippen molar-refractivity contribution in [1.29, 1.82) is 0 Å². The highest BCUT2D eigenvalue weighted by atomic mass is 32.1. The lowest BCUT2D eigenvalue weighted by atomic mass is 10.1. The molecule has 23 heavy (non-hydrogen) atoms. The van der Waals surface area contributed by atoms with Crippen LogP contribution in [0.5, 0.6) is 11.5 Å². The normalized spacial score (nSPS) is 10.3. The van der Waals surface area contributed by atoms with Gasteiger partial charge >= 0.3 is 0 Å². The highest BCUT2D eigenvalue weighted by molar-refractivity contribution is 7.09. The van der Waals surface area contributed by atoms with Crippen LogP contribution in [0.2, 0.25) is 0 Å². The van der Waals surface area contributed by atoms with E-state index in [0.29, 0.717) is 24.5 Å². The second-order valence-corrected chi connectivity index (χ2v) is 6.28. The molecule has 0 unspecified atom stereocenters. The molecule has 0 saturated carbocycles. The van der Waals surface area contributed by atoms with Gasteiger partial charge in [-0.1, -0.05) is 12.1 Å². The Hall–Kier alpha value is -2.01. The number of carbonyl (C=O) groups is 1. The first-order valence-electron chi connectivity index (χ1n) is 7.73. The van der Waals surface area contributed by atoms with E-state index in [1.807, 2.05) is 18.2 Å². The minimum absolute atomic E-state index is 0.0889. The van der Waals surface area contributed by atoms with E-state index in [2.05, 4.69) is 22.8 Å². The van der Waals surface area contributed by atoms with Crippen LogP contribution in [0.3, 0.4) is 0 Å². The Kier molecular flexibility index (Phi) is 6.94. The second kappa shape index (κ2) is 9.20. The number of benzene rings is 1. The van der Waals surface area contributed by atoms with Gasteiger partial charge in [-0.3, -0.25) is 4.79 Å². The second-order valence-electron chi connectivity index (χ2n) is 5.25. The van der Waals surface area contributed by atoms with Crippen LogP contribution >= 0.6 is 11.3 Å². The maximum atomic E-state index is 11.9. The van der Waals surface area contributed by atoms with Crippen LogP contribution in [0.25, 0.3) is 0 Å². The molecule has 0 radical (unpaired) electrons. The predicted molar refractivity (Wildman–Crippen MR) is 93.3 cm³/mol. The molecule has 1 N–H and O–H groups in total. The molecule has 5 heteroatoms. The number of unbranched alkanes of at least 4 members (excludes halogenated alkanes) is 1. The fraction of sp³-hybridized carbons (Fsp3) is 0.389. The van der Waals surface area contributed by atoms with Crippen LogP contribution in [-0.2, 0) is 17.8 Å². The number of nitrogens with one attached hydrogen (secondary N) is 1. The van der Waals surface area contributed by atoms with Gasteiger partial charge in [-0.2, -0.15) is 0 Å². The monoisotopic (exact) mass is 333 g/mol. The maximum absolute atomic E-state index is 11.9. The van der Waals surface area contributed by atoms with Crippen molar-refractivity contribution in [1.82, 2.24) is 5.32 Å². The number of carbonyl (C=O) groups excluding carboxylic acids is 1. The van der Waals surface area contributed by atoms with E-state index in [4.69, 9.17) is 9.47 Å². The Labute approximate surface area is 141 Å². The molecule has 0 fully saturated rings. The fourth-order valence-corrected chi connectivity index (χ4v) is 3.07. The van der Waals surface area contributed by atoms with Crippen LogP contribution in [0.1, 0.15) is 29.7 Å². The van der Waals surface area contributed by atoms with Gasteiger partial charge in [0.2, 0.25) is 5.91 Å². The minimum Gasteiger partial charge on any atom is -0.493 e. The fourth-order valence-electron chi connectivity index (χ4n) is 2.32. The summed E-state index contributed by atoms with van der Waals surface area (Å²) in [6.07, 6.45) is 3.58. The summed E-state index contributed by atoms with van der Waals surface area (Å²) >= 11 is 1.77. The quantitative estimate of drug-likeness (QED) is 0.710. The van der Waals surface area contributed by atoms with Gasteiger partial charge < -0.3 is 14.8 Å². The van der Waals surface area contributed by atoms with E-state index in [1.165, 1.54) is 4.88 Å². The van der Waals surface area contributed by atoms with Gasteiger partial charge in [-0.15, -0.1) is 11.3 Å². The average Bonchev–Trinajstić information content (AvgIpc) is 3.10. The number of methoxy groups -OCH3 is 2. The summed E-state index contributed by atoms with van der Waals surface area (Å²) in [6, 6.07) is 9.87. The van der Waals surface area contributed by atoms with E-state index in [-0.39, 0.29) is 5.91 Å². The topological polar surface area (TPSA) is 47.6 Å². The molecule has 0 bridgehead atoms. The van der Waals surface area contributed by atoms with Crippen molar-refractivity contribution in [2.24, 2.45) is 0 Å². The number of hydrogen-bond donors (Lipinski definition) is 1. The first kappa shape index (κ1) is 17.3. The zero-order chi connectivity index (χ0) is 16.5. The molecule has 1 aromatic carbocycles. The summed E-state index contributed by atoms with van der Waals surface area (Å²) in [5.41, 5.74) is 0.995. The van der Waals surface area contributed by atoms with Crippen LogP contribution in [0.15, 0.2) is 35.7 Å². The zero-order valence-corrected chi connectivity index (χ0v) is 14.4. The van der Waals surface area contributed by atoms with Crippen molar-refractivity contribution in [3.05, 3.63) is 46.2 Å². The standard InChI is InChI=1S/C18H23NO3S/c1-21-16-10-9-14(12-17(16)22-2)13-19-18(20)8-4-3-6-15-7-5-11-23-15/h5,7,9-12H,3-4,6,8,13H2,1-2H3,(H,19,20). The lowest BCUT2D eigenvalue weighted by Crippen LogP contribution is -2.22. The third-order valence-corrected chi connectivity index (χ3v) is 4.53. The molecule has 1 aromatic heterocycles. The first-order valence-corrected chi connectivity index (χ1v) is 8.61. The largest absolute Gasteiger partial charge is 0.493 e. The SMILES string of the molecule is COc1ccc(CNC(=O)CCCCc2cccs2)cc1OC. The van der Waals surface area contributed by atoms with Gasteiger partial charge in [0.05, 0.1) is 14.2 Å². The lowest BCUT2D eigenvalue weighted by molar-refractivity contribution is -0.121. The maximum Gasteiger partial charge on any atom is 0.220 e. The van der Waals surface area contributed by atoms with Crippen molar-refractivity contribution in [3.63, 3.8) is 0 Å². The third kappa shape index (κ3) is 5.60. The number of thiophene rings is 1. The summed E-state index contributed by atoms with van der Waals surface area (Å²) in [6.45, 7) is 0.504. The Balaban J connectivity index is 1.69. The van der Waals surface area contributed by atoms with Crippen molar-refractivity contribution in [3.8, 4) is 11.5 Å². The summed E-state index contributed by atoms with van der Waals surface area (Å²) < 4.78 is 10.5. The van der Waals surface area contributed by atoms with E-state index < -0.39 is 0 Å². The molecule has 0 aliphatic carbocycles. The number of aryl methyl sites for hydroxylation is 1. The molecule has 0 spiro atoms.